The molecule has 0 bridgehead atoms. The van der Waals surface area contributed by atoms with E-state index in [0.29, 0.717) is 22.7 Å². The van der Waals surface area contributed by atoms with E-state index in [-0.39, 0.29) is 5.91 Å². The minimum atomic E-state index is -0.344. The van der Waals surface area contributed by atoms with Gasteiger partial charge in [0.2, 0.25) is 5.62 Å². The third-order valence-corrected chi connectivity index (χ3v) is 4.68. The highest BCUT2D eigenvalue weighted by Crippen LogP contribution is 2.25. The van der Waals surface area contributed by atoms with Gasteiger partial charge in [0.15, 0.2) is 0 Å². The van der Waals surface area contributed by atoms with Crippen LogP contribution < -0.4 is 10.9 Å². The third kappa shape index (κ3) is 2.36. The van der Waals surface area contributed by atoms with Gasteiger partial charge in [0.1, 0.15) is 5.82 Å². The summed E-state index contributed by atoms with van der Waals surface area (Å²) in [4.78, 5) is 28.7. The number of rotatable bonds is 1. The Balaban J connectivity index is 1.68. The number of nitrogens with one attached hydrogen (secondary N) is 2. The first-order valence-electron chi connectivity index (χ1n) is 8.15. The van der Waals surface area contributed by atoms with Crippen LogP contribution in [0.15, 0.2) is 47.7 Å². The number of nitrogens with zero attached hydrogens (tertiary/aromatic N) is 4. The molecular weight excluding hydrogens is 352 g/mol. The number of benzene rings is 2. The number of fused-ring (bicyclic) bond motifs is 4. The molecule has 128 valence electrons. The molecule has 0 fully saturated rings. The van der Waals surface area contributed by atoms with Crippen molar-refractivity contribution >= 4 is 45.3 Å². The molecule has 1 aliphatic heterocycles. The molecule has 7 nitrogen and oxygen atoms in total. The van der Waals surface area contributed by atoms with Gasteiger partial charge in [0, 0.05) is 29.1 Å². The summed E-state index contributed by atoms with van der Waals surface area (Å²) in [5, 5.41) is 4.88. The lowest BCUT2D eigenvalue weighted by Gasteiger charge is -2.08. The van der Waals surface area contributed by atoms with Crippen molar-refractivity contribution in [3.05, 3.63) is 58.9 Å². The molecule has 8 heteroatoms. The molecule has 5 rings (SSSR count). The average Bonchev–Trinajstić information content (AvgIpc) is 3.31. The van der Waals surface area contributed by atoms with E-state index in [2.05, 4.69) is 25.3 Å². The Hall–Kier alpha value is -3.19. The number of anilines is 1. The first-order valence-corrected chi connectivity index (χ1v) is 8.53. The number of imidazole rings is 1. The molecule has 0 spiro atoms. The van der Waals surface area contributed by atoms with Gasteiger partial charge < -0.3 is 10.3 Å². The summed E-state index contributed by atoms with van der Waals surface area (Å²) in [6.07, 6.45) is 1.60. The summed E-state index contributed by atoms with van der Waals surface area (Å²) in [5.41, 5.74) is 3.22. The second-order valence-electron chi connectivity index (χ2n) is 6.05. The maximum atomic E-state index is 12.7. The highest BCUT2D eigenvalue weighted by molar-refractivity contribution is 6.31. The SMILES string of the molecule is O=C(N=c1nc2ccc(Cl)cc2c2n1CCN2)c1ccc2nc[nH]c2c1. The lowest BCUT2D eigenvalue weighted by atomic mass is 10.2. The van der Waals surface area contributed by atoms with Crippen LogP contribution in [-0.2, 0) is 6.54 Å². The second-order valence-corrected chi connectivity index (χ2v) is 6.49. The van der Waals surface area contributed by atoms with Gasteiger partial charge >= 0.3 is 0 Å². The van der Waals surface area contributed by atoms with Crippen LogP contribution in [0.25, 0.3) is 21.9 Å². The van der Waals surface area contributed by atoms with Crippen LogP contribution in [0.2, 0.25) is 5.02 Å². The molecule has 0 aliphatic carbocycles. The van der Waals surface area contributed by atoms with Crippen LogP contribution in [0.1, 0.15) is 10.4 Å². The van der Waals surface area contributed by atoms with Gasteiger partial charge in [-0.15, -0.1) is 0 Å². The monoisotopic (exact) mass is 364 g/mol. The number of halogens is 1. The Labute approximate surface area is 152 Å². The standard InChI is InChI=1S/C18H13ClN6O/c19-11-2-4-13-12(8-11)16-20-5-6-25(16)18(23-13)24-17(26)10-1-3-14-15(7-10)22-9-21-14/h1-4,7-9,20H,5-6H2,(H,21,22). The molecule has 2 aromatic heterocycles. The summed E-state index contributed by atoms with van der Waals surface area (Å²) >= 11 is 6.11. The van der Waals surface area contributed by atoms with Crippen molar-refractivity contribution in [3.63, 3.8) is 0 Å². The van der Waals surface area contributed by atoms with Gasteiger partial charge in [-0.3, -0.25) is 9.36 Å². The molecule has 0 saturated heterocycles. The highest BCUT2D eigenvalue weighted by Gasteiger charge is 2.16. The topological polar surface area (TPSA) is 88.0 Å². The molecule has 3 heterocycles. The molecule has 4 aromatic rings. The second kappa shape index (κ2) is 5.67. The van der Waals surface area contributed by atoms with Gasteiger partial charge in [-0.2, -0.15) is 4.99 Å². The maximum absolute atomic E-state index is 12.7. The number of H-pyrrole nitrogens is 1. The van der Waals surface area contributed by atoms with Crippen LogP contribution in [0, 0.1) is 0 Å². The minimum Gasteiger partial charge on any atom is -0.369 e. The van der Waals surface area contributed by atoms with Gasteiger partial charge in [-0.05, 0) is 36.4 Å². The van der Waals surface area contributed by atoms with Crippen LogP contribution in [-0.4, -0.2) is 32.0 Å². The van der Waals surface area contributed by atoms with Crippen molar-refractivity contribution in [3.8, 4) is 0 Å². The van der Waals surface area contributed by atoms with Crippen LogP contribution in [0.5, 0.6) is 0 Å². The number of carbonyl (C=O) groups excluding carboxylic acids is 1. The molecule has 1 aliphatic rings. The summed E-state index contributed by atoms with van der Waals surface area (Å²) in [6.45, 7) is 1.45. The largest absolute Gasteiger partial charge is 0.369 e. The number of aromatic amines is 1. The summed E-state index contributed by atoms with van der Waals surface area (Å²) in [5.74, 6) is 0.539. The van der Waals surface area contributed by atoms with E-state index in [0.717, 1.165) is 34.3 Å². The normalized spacial score (nSPS) is 14.0. The zero-order chi connectivity index (χ0) is 17.7. The van der Waals surface area contributed by atoms with Crippen molar-refractivity contribution in [2.45, 2.75) is 6.54 Å². The van der Waals surface area contributed by atoms with Gasteiger partial charge in [-0.25, -0.2) is 9.97 Å². The van der Waals surface area contributed by atoms with Gasteiger partial charge in [-0.1, -0.05) is 11.6 Å². The molecule has 1 amide bonds. The number of carbonyl (C=O) groups is 1. The van der Waals surface area contributed by atoms with E-state index in [1.54, 1.807) is 30.6 Å². The molecule has 0 atom stereocenters. The predicted molar refractivity (Wildman–Crippen MR) is 99.2 cm³/mol. The first-order chi connectivity index (χ1) is 12.7. The quantitative estimate of drug-likeness (QED) is 0.543. The van der Waals surface area contributed by atoms with Gasteiger partial charge in [0.25, 0.3) is 5.91 Å². The Bertz CT molecular complexity index is 1260. The summed E-state index contributed by atoms with van der Waals surface area (Å²) < 4.78 is 1.91. The van der Waals surface area contributed by atoms with E-state index < -0.39 is 0 Å². The maximum Gasteiger partial charge on any atom is 0.280 e. The molecule has 0 unspecified atom stereocenters. The van der Waals surface area contributed by atoms with Crippen LogP contribution in [0.4, 0.5) is 5.82 Å². The zero-order valence-electron chi connectivity index (χ0n) is 13.5. The third-order valence-electron chi connectivity index (χ3n) is 4.44. The Morgan fingerprint density at radius 2 is 2.08 bits per heavy atom. The van der Waals surface area contributed by atoms with E-state index in [4.69, 9.17) is 11.6 Å². The van der Waals surface area contributed by atoms with E-state index in [9.17, 15) is 4.79 Å². The van der Waals surface area contributed by atoms with Gasteiger partial charge in [0.05, 0.1) is 22.9 Å². The van der Waals surface area contributed by atoms with Crippen LogP contribution in [0.3, 0.4) is 0 Å². The van der Waals surface area contributed by atoms with E-state index in [1.807, 2.05) is 16.7 Å². The first kappa shape index (κ1) is 15.1. The average molecular weight is 365 g/mol. The lowest BCUT2D eigenvalue weighted by molar-refractivity contribution is 0.0996. The summed E-state index contributed by atoms with van der Waals surface area (Å²) in [7, 11) is 0. The van der Waals surface area contributed by atoms with Crippen molar-refractivity contribution in [2.24, 2.45) is 4.99 Å². The highest BCUT2D eigenvalue weighted by atomic mass is 35.5. The fraction of sp³-hybridized carbons (Fsp3) is 0.111. The van der Waals surface area contributed by atoms with Crippen molar-refractivity contribution in [1.82, 2.24) is 19.5 Å². The van der Waals surface area contributed by atoms with E-state index in [1.165, 1.54) is 0 Å². The Kier molecular flexibility index (Phi) is 3.29. The predicted octanol–water partition coefficient (Wildman–Crippen LogP) is 2.73. The molecule has 2 N–H and O–H groups in total. The molecule has 2 aromatic carbocycles. The van der Waals surface area contributed by atoms with Crippen molar-refractivity contribution in [2.75, 3.05) is 11.9 Å². The minimum absolute atomic E-state index is 0.344. The smallest absolute Gasteiger partial charge is 0.280 e. The number of hydrogen-bond acceptors (Lipinski definition) is 4. The zero-order valence-corrected chi connectivity index (χ0v) is 14.3. The van der Waals surface area contributed by atoms with Crippen LogP contribution >= 0.6 is 11.6 Å². The lowest BCUT2D eigenvalue weighted by Crippen LogP contribution is -2.24. The molecule has 0 radical (unpaired) electrons. The van der Waals surface area contributed by atoms with Crippen molar-refractivity contribution < 1.29 is 4.79 Å². The number of aromatic nitrogens is 4. The molecular formula is C18H13ClN6O. The Morgan fingerprint density at radius 1 is 1.19 bits per heavy atom. The van der Waals surface area contributed by atoms with Crippen molar-refractivity contribution in [1.29, 1.82) is 0 Å². The summed E-state index contributed by atoms with van der Waals surface area (Å²) in [6, 6.07) is 10.7. The fourth-order valence-electron chi connectivity index (χ4n) is 3.21. The molecule has 0 saturated carbocycles. The fourth-order valence-corrected chi connectivity index (χ4v) is 3.38. The number of hydrogen-bond donors (Lipinski definition) is 2. The Morgan fingerprint density at radius 3 is 3.00 bits per heavy atom. The van der Waals surface area contributed by atoms with E-state index >= 15 is 0 Å². The number of amides is 1. The molecule has 26 heavy (non-hydrogen) atoms.